The van der Waals surface area contributed by atoms with Gasteiger partial charge < -0.3 is 5.11 Å². The molecule has 2 aromatic rings. The van der Waals surface area contributed by atoms with Gasteiger partial charge in [0.05, 0.1) is 17.2 Å². The molecule has 0 saturated heterocycles. The van der Waals surface area contributed by atoms with Crippen molar-refractivity contribution in [2.24, 2.45) is 0 Å². The number of hydrogen-bond acceptors (Lipinski definition) is 3. The van der Waals surface area contributed by atoms with E-state index in [1.54, 1.807) is 25.1 Å². The van der Waals surface area contributed by atoms with E-state index in [1.165, 1.54) is 12.1 Å². The van der Waals surface area contributed by atoms with Gasteiger partial charge in [0.2, 0.25) is 0 Å². The molecular weight excluding hydrogens is 281 g/mol. The van der Waals surface area contributed by atoms with Crippen molar-refractivity contribution < 1.29 is 17.9 Å². The Labute approximate surface area is 116 Å². The molecule has 20 heavy (non-hydrogen) atoms. The zero-order valence-corrected chi connectivity index (χ0v) is 11.6. The Bertz CT molecular complexity index is 712. The molecule has 0 unspecified atom stereocenters. The van der Waals surface area contributed by atoms with Crippen molar-refractivity contribution >= 4 is 15.7 Å². The van der Waals surface area contributed by atoms with E-state index in [2.05, 4.69) is 4.72 Å². The normalized spacial score (nSPS) is 11.3. The van der Waals surface area contributed by atoms with Crippen LogP contribution < -0.4 is 4.72 Å². The Morgan fingerprint density at radius 1 is 1.15 bits per heavy atom. The molecule has 0 amide bonds. The van der Waals surface area contributed by atoms with Crippen LogP contribution in [0, 0.1) is 12.7 Å². The number of aliphatic hydroxyl groups is 1. The molecule has 0 bridgehead atoms. The number of aryl methyl sites for hydroxylation is 1. The minimum atomic E-state index is -3.75. The van der Waals surface area contributed by atoms with Gasteiger partial charge in [-0.3, -0.25) is 4.72 Å². The average Bonchev–Trinajstić information content (AvgIpc) is 2.41. The van der Waals surface area contributed by atoms with Crippen molar-refractivity contribution in [3.8, 4) is 0 Å². The summed E-state index contributed by atoms with van der Waals surface area (Å²) in [6, 6.07) is 9.51. The van der Waals surface area contributed by atoms with Crippen molar-refractivity contribution in [1.29, 1.82) is 0 Å². The fourth-order valence-electron chi connectivity index (χ4n) is 1.76. The van der Waals surface area contributed by atoms with Crippen molar-refractivity contribution in [1.82, 2.24) is 0 Å². The summed E-state index contributed by atoms with van der Waals surface area (Å²) in [5.41, 5.74) is 1.82. The van der Waals surface area contributed by atoms with Gasteiger partial charge in [-0.2, -0.15) is 0 Å². The molecule has 0 heterocycles. The summed E-state index contributed by atoms with van der Waals surface area (Å²) < 4.78 is 39.5. The van der Waals surface area contributed by atoms with Gasteiger partial charge in [0.25, 0.3) is 10.0 Å². The molecule has 0 atom stereocenters. The summed E-state index contributed by atoms with van der Waals surface area (Å²) >= 11 is 0. The van der Waals surface area contributed by atoms with E-state index in [9.17, 15) is 12.8 Å². The second kappa shape index (κ2) is 5.60. The van der Waals surface area contributed by atoms with Gasteiger partial charge >= 0.3 is 0 Å². The van der Waals surface area contributed by atoms with Gasteiger partial charge in [-0.1, -0.05) is 12.1 Å². The van der Waals surface area contributed by atoms with E-state index in [-0.39, 0.29) is 11.5 Å². The van der Waals surface area contributed by atoms with Gasteiger partial charge in [-0.15, -0.1) is 0 Å². The number of rotatable bonds is 4. The van der Waals surface area contributed by atoms with Crippen LogP contribution in [-0.2, 0) is 16.6 Å². The van der Waals surface area contributed by atoms with Crippen LogP contribution in [0.25, 0.3) is 0 Å². The van der Waals surface area contributed by atoms with Crippen molar-refractivity contribution in [3.05, 3.63) is 59.4 Å². The number of hydrogen-bond donors (Lipinski definition) is 2. The van der Waals surface area contributed by atoms with E-state index < -0.39 is 15.8 Å². The molecular formula is C14H14FNO3S. The molecule has 2 N–H and O–H groups in total. The van der Waals surface area contributed by atoms with Crippen LogP contribution in [0.15, 0.2) is 47.4 Å². The molecule has 2 aromatic carbocycles. The second-order valence-electron chi connectivity index (χ2n) is 4.37. The minimum absolute atomic E-state index is 0.00969. The predicted octanol–water partition coefficient (Wildman–Crippen LogP) is 2.43. The summed E-state index contributed by atoms with van der Waals surface area (Å²) in [5.74, 6) is -0.493. The largest absolute Gasteiger partial charge is 0.392 e. The molecule has 0 aliphatic carbocycles. The minimum Gasteiger partial charge on any atom is -0.392 e. The van der Waals surface area contributed by atoms with Gasteiger partial charge in [-0.25, -0.2) is 12.8 Å². The van der Waals surface area contributed by atoms with Crippen LogP contribution in [0.4, 0.5) is 10.1 Å². The van der Waals surface area contributed by atoms with Crippen LogP contribution in [0.5, 0.6) is 0 Å². The van der Waals surface area contributed by atoms with Gasteiger partial charge in [0.1, 0.15) is 5.82 Å². The van der Waals surface area contributed by atoms with Gasteiger partial charge in [-0.05, 0) is 48.4 Å². The number of anilines is 1. The lowest BCUT2D eigenvalue weighted by molar-refractivity contribution is 0.282. The summed E-state index contributed by atoms with van der Waals surface area (Å²) in [7, 11) is -3.75. The van der Waals surface area contributed by atoms with Crippen LogP contribution in [-0.4, -0.2) is 13.5 Å². The van der Waals surface area contributed by atoms with E-state index in [0.29, 0.717) is 16.8 Å². The fourth-order valence-corrected chi connectivity index (χ4v) is 2.89. The number of halogens is 1. The summed E-state index contributed by atoms with van der Waals surface area (Å²) in [6.45, 7) is 1.63. The molecule has 0 aromatic heterocycles. The summed E-state index contributed by atoms with van der Waals surface area (Å²) in [6.07, 6.45) is 0. The number of benzene rings is 2. The molecule has 0 radical (unpaired) electrons. The van der Waals surface area contributed by atoms with Gasteiger partial charge in [0, 0.05) is 0 Å². The highest BCUT2D eigenvalue weighted by molar-refractivity contribution is 7.92. The smallest absolute Gasteiger partial charge is 0.261 e. The third kappa shape index (κ3) is 3.15. The Balaban J connectivity index is 2.31. The fraction of sp³-hybridized carbons (Fsp3) is 0.143. The first-order valence-corrected chi connectivity index (χ1v) is 7.39. The second-order valence-corrected chi connectivity index (χ2v) is 6.05. The monoisotopic (exact) mass is 295 g/mol. The number of nitrogens with one attached hydrogen (secondary N) is 1. The lowest BCUT2D eigenvalue weighted by atomic mass is 10.1. The first kappa shape index (κ1) is 14.5. The first-order chi connectivity index (χ1) is 9.42. The third-order valence-electron chi connectivity index (χ3n) is 2.84. The van der Waals surface area contributed by atoms with E-state index >= 15 is 0 Å². The standard InChI is InChI=1S/C14H14FNO3S/c1-10-8-11(9-17)2-7-14(10)16-20(18,19)13-5-3-12(15)4-6-13/h2-8,16-17H,9H2,1H3. The highest BCUT2D eigenvalue weighted by Gasteiger charge is 2.15. The van der Waals surface area contributed by atoms with Gasteiger partial charge in [0.15, 0.2) is 0 Å². The van der Waals surface area contributed by atoms with E-state index in [4.69, 9.17) is 5.11 Å². The van der Waals surface area contributed by atoms with Crippen molar-refractivity contribution in [2.75, 3.05) is 4.72 Å². The highest BCUT2D eigenvalue weighted by atomic mass is 32.2. The Kier molecular flexibility index (Phi) is 4.06. The van der Waals surface area contributed by atoms with E-state index in [1.807, 2.05) is 0 Å². The maximum absolute atomic E-state index is 12.8. The van der Waals surface area contributed by atoms with Crippen LogP contribution >= 0.6 is 0 Å². The topological polar surface area (TPSA) is 66.4 Å². The molecule has 0 aliphatic heterocycles. The van der Waals surface area contributed by atoms with Crippen molar-refractivity contribution in [3.63, 3.8) is 0 Å². The molecule has 4 nitrogen and oxygen atoms in total. The van der Waals surface area contributed by atoms with Crippen LogP contribution in [0.1, 0.15) is 11.1 Å². The zero-order chi connectivity index (χ0) is 14.8. The Hall–Kier alpha value is -1.92. The summed E-state index contributed by atoms with van der Waals surface area (Å²) in [4.78, 5) is -0.00969. The summed E-state index contributed by atoms with van der Waals surface area (Å²) in [5, 5.41) is 9.02. The van der Waals surface area contributed by atoms with Crippen LogP contribution in [0.3, 0.4) is 0 Å². The number of aliphatic hydroxyl groups excluding tert-OH is 1. The average molecular weight is 295 g/mol. The first-order valence-electron chi connectivity index (χ1n) is 5.91. The molecule has 0 saturated carbocycles. The molecule has 0 spiro atoms. The Morgan fingerprint density at radius 3 is 2.35 bits per heavy atom. The lowest BCUT2D eigenvalue weighted by Crippen LogP contribution is -2.13. The zero-order valence-electron chi connectivity index (χ0n) is 10.8. The quantitative estimate of drug-likeness (QED) is 0.910. The third-order valence-corrected chi connectivity index (χ3v) is 4.22. The number of sulfonamides is 1. The maximum Gasteiger partial charge on any atom is 0.261 e. The molecule has 0 aliphatic rings. The van der Waals surface area contributed by atoms with Crippen LogP contribution in [0.2, 0.25) is 0 Å². The molecule has 0 fully saturated rings. The SMILES string of the molecule is Cc1cc(CO)ccc1NS(=O)(=O)c1ccc(F)cc1. The predicted molar refractivity (Wildman–Crippen MR) is 74.3 cm³/mol. The molecule has 106 valence electrons. The molecule has 2 rings (SSSR count). The molecule has 6 heteroatoms. The Morgan fingerprint density at radius 2 is 1.80 bits per heavy atom. The maximum atomic E-state index is 12.8. The highest BCUT2D eigenvalue weighted by Crippen LogP contribution is 2.21. The van der Waals surface area contributed by atoms with E-state index in [0.717, 1.165) is 12.1 Å². The van der Waals surface area contributed by atoms with Crippen molar-refractivity contribution in [2.45, 2.75) is 18.4 Å². The lowest BCUT2D eigenvalue weighted by Gasteiger charge is -2.11.